The lowest BCUT2D eigenvalue weighted by Crippen LogP contribution is -2.56. The van der Waals surface area contributed by atoms with Crippen molar-refractivity contribution in [3.05, 3.63) is 155 Å². The molecule has 0 bridgehead atoms. The average Bonchev–Trinajstić information content (AvgIpc) is 3.22. The summed E-state index contributed by atoms with van der Waals surface area (Å²) in [6.07, 6.45) is 37.2. The van der Waals surface area contributed by atoms with Crippen LogP contribution in [-0.2, 0) is 10.2 Å². The van der Waals surface area contributed by atoms with Gasteiger partial charge in [-0.2, -0.15) is 0 Å². The maximum absolute atomic E-state index is 6.93. The first kappa shape index (κ1) is 36.0. The van der Waals surface area contributed by atoms with E-state index in [4.69, 9.17) is 9.73 Å². The molecule has 3 nitrogen and oxygen atoms in total. The zero-order valence-electron chi connectivity index (χ0n) is 32.2. The molecule has 53 heavy (non-hydrogen) atoms. The van der Waals surface area contributed by atoms with E-state index in [9.17, 15) is 0 Å². The molecule has 1 heterocycles. The molecule has 3 heteroatoms. The second-order valence-corrected chi connectivity index (χ2v) is 16.7. The van der Waals surface area contributed by atoms with Crippen LogP contribution in [0.2, 0.25) is 0 Å². The van der Waals surface area contributed by atoms with Crippen LogP contribution in [0.3, 0.4) is 0 Å². The summed E-state index contributed by atoms with van der Waals surface area (Å²) in [7, 11) is 0. The number of nitrogens with one attached hydrogen (secondary N) is 1. The molecule has 2 aromatic rings. The Bertz CT molecular complexity index is 1840. The average molecular weight is 705 g/mol. The summed E-state index contributed by atoms with van der Waals surface area (Å²) in [6, 6.07) is 20.6. The summed E-state index contributed by atoms with van der Waals surface area (Å²) in [5.74, 6) is 3.29. The minimum absolute atomic E-state index is 0.0313. The Morgan fingerprint density at radius 1 is 0.849 bits per heavy atom. The Morgan fingerprint density at radius 3 is 2.45 bits per heavy atom. The molecule has 8 rings (SSSR count). The molecule has 1 saturated heterocycles. The van der Waals surface area contributed by atoms with Crippen molar-refractivity contribution in [3.8, 4) is 0 Å². The van der Waals surface area contributed by atoms with Crippen LogP contribution in [0.5, 0.6) is 0 Å². The number of hydrogen-bond donors (Lipinski definition) is 1. The maximum atomic E-state index is 6.93. The van der Waals surface area contributed by atoms with E-state index >= 15 is 0 Å². The van der Waals surface area contributed by atoms with E-state index in [0.29, 0.717) is 29.8 Å². The predicted octanol–water partition coefficient (Wildman–Crippen LogP) is 12.4. The number of fused-ring (bicyclic) bond motifs is 2. The standard InChI is InChI=1S/C50H60N2O/c1-35(2)48(52-49(51-36(3)37-18-7-4-8-19-37)41-23-17-22-40(34-41)38-20-9-5-10-21-38)39-30-32-43(33-31-39)50(42-24-11-6-12-25-42)44-26-13-15-28-46(44)53-47-29-16-14-27-45(47)50/h4,6-9,11,17-20,22-24,28,30-33,36,38,40,44-45,47,49,51H,1,5,10,12-16,21,25-27,29,34H2,2-3H3/b52-48+/t36-,38?,40?,44?,45?,47?,49?,50+/m1/s1. The van der Waals surface area contributed by atoms with Crippen LogP contribution in [0.4, 0.5) is 0 Å². The van der Waals surface area contributed by atoms with Crippen molar-refractivity contribution in [3.63, 3.8) is 0 Å². The van der Waals surface area contributed by atoms with Gasteiger partial charge in [0, 0.05) is 28.9 Å². The van der Waals surface area contributed by atoms with Crippen molar-refractivity contribution < 1.29 is 4.74 Å². The zero-order valence-corrected chi connectivity index (χ0v) is 32.2. The molecule has 2 fully saturated rings. The monoisotopic (exact) mass is 704 g/mol. The van der Waals surface area contributed by atoms with Gasteiger partial charge in [-0.25, -0.2) is 0 Å². The quantitative estimate of drug-likeness (QED) is 0.197. The fraction of sp³-hybridized carbons (Fsp3) is 0.460. The van der Waals surface area contributed by atoms with Gasteiger partial charge >= 0.3 is 0 Å². The number of hydrogen-bond acceptors (Lipinski definition) is 3. The summed E-state index contributed by atoms with van der Waals surface area (Å²) in [4.78, 5) is 5.63. The van der Waals surface area contributed by atoms with Crippen LogP contribution in [0.25, 0.3) is 0 Å². The normalized spacial score (nSPS) is 30.9. The molecule has 6 aliphatic rings. The predicted molar refractivity (Wildman–Crippen MR) is 222 cm³/mol. The minimum atomic E-state index is -0.157. The lowest BCUT2D eigenvalue weighted by molar-refractivity contribution is -0.0747. The highest BCUT2D eigenvalue weighted by Crippen LogP contribution is 2.60. The second-order valence-electron chi connectivity index (χ2n) is 16.7. The SMILES string of the molecule is C=C(C)/C(=N\C(N[C@H](C)c1ccccc1)C1=CC=CC(C2C=CCCC2)C1)c1ccc([C@@]2(C3=CC=CCC3)C3CCCC=C3OC3CCCCC32)cc1. The summed E-state index contributed by atoms with van der Waals surface area (Å²) in [5, 5.41) is 3.97. The molecule has 276 valence electrons. The molecule has 1 aliphatic heterocycles. The first-order valence-electron chi connectivity index (χ1n) is 20.9. The summed E-state index contributed by atoms with van der Waals surface area (Å²) < 4.78 is 6.93. The number of ether oxygens (including phenoxy) is 1. The van der Waals surface area contributed by atoms with E-state index in [1.807, 2.05) is 0 Å². The molecule has 8 atom stereocenters. The van der Waals surface area contributed by atoms with Crippen molar-refractivity contribution in [2.75, 3.05) is 0 Å². The molecule has 6 unspecified atom stereocenters. The highest BCUT2D eigenvalue weighted by atomic mass is 16.5. The van der Waals surface area contributed by atoms with E-state index in [2.05, 4.69) is 135 Å². The minimum Gasteiger partial charge on any atom is -0.494 e. The zero-order chi connectivity index (χ0) is 36.2. The van der Waals surface area contributed by atoms with E-state index in [-0.39, 0.29) is 17.6 Å². The maximum Gasteiger partial charge on any atom is 0.123 e. The number of benzene rings is 2. The molecular weight excluding hydrogens is 645 g/mol. The van der Waals surface area contributed by atoms with Crippen LogP contribution in [0, 0.1) is 23.7 Å². The van der Waals surface area contributed by atoms with Crippen molar-refractivity contribution in [1.82, 2.24) is 5.32 Å². The van der Waals surface area contributed by atoms with Crippen LogP contribution in [0.15, 0.2) is 143 Å². The third-order valence-electron chi connectivity index (χ3n) is 13.4. The molecular formula is C50H60N2O. The lowest BCUT2D eigenvalue weighted by atomic mass is 9.50. The highest BCUT2D eigenvalue weighted by Gasteiger charge is 2.57. The summed E-state index contributed by atoms with van der Waals surface area (Å²) in [6.45, 7) is 8.91. The molecule has 5 aliphatic carbocycles. The van der Waals surface area contributed by atoms with Gasteiger partial charge in [0.1, 0.15) is 12.3 Å². The van der Waals surface area contributed by atoms with Crippen molar-refractivity contribution in [2.45, 2.75) is 121 Å². The first-order chi connectivity index (χ1) is 26.0. The molecule has 0 amide bonds. The van der Waals surface area contributed by atoms with Gasteiger partial charge < -0.3 is 4.74 Å². The van der Waals surface area contributed by atoms with Crippen LogP contribution >= 0.6 is 0 Å². The van der Waals surface area contributed by atoms with Gasteiger partial charge in [0.25, 0.3) is 0 Å². The highest BCUT2D eigenvalue weighted by molar-refractivity contribution is 6.12. The first-order valence-corrected chi connectivity index (χ1v) is 20.9. The fourth-order valence-electron chi connectivity index (χ4n) is 10.8. The van der Waals surface area contributed by atoms with Crippen molar-refractivity contribution >= 4 is 5.71 Å². The Morgan fingerprint density at radius 2 is 1.68 bits per heavy atom. The van der Waals surface area contributed by atoms with Gasteiger partial charge in [0.05, 0.1) is 11.5 Å². The van der Waals surface area contributed by atoms with E-state index in [0.717, 1.165) is 42.5 Å². The topological polar surface area (TPSA) is 33.6 Å². The summed E-state index contributed by atoms with van der Waals surface area (Å²) >= 11 is 0. The van der Waals surface area contributed by atoms with E-state index in [1.165, 1.54) is 80.2 Å². The number of allylic oxidation sites excluding steroid dienone is 12. The van der Waals surface area contributed by atoms with E-state index < -0.39 is 0 Å². The lowest BCUT2D eigenvalue weighted by Gasteiger charge is -2.58. The van der Waals surface area contributed by atoms with Crippen molar-refractivity contribution in [1.29, 1.82) is 0 Å². The van der Waals surface area contributed by atoms with Gasteiger partial charge in [0.15, 0.2) is 0 Å². The van der Waals surface area contributed by atoms with E-state index in [1.54, 1.807) is 5.57 Å². The molecule has 0 radical (unpaired) electrons. The second kappa shape index (κ2) is 16.2. The van der Waals surface area contributed by atoms with Gasteiger partial charge in [0.2, 0.25) is 0 Å². The molecule has 1 saturated carbocycles. The number of aliphatic imine (C=N–C) groups is 1. The Kier molecular flexibility index (Phi) is 11.0. The third kappa shape index (κ3) is 7.31. The number of nitrogens with zero attached hydrogens (tertiary/aromatic N) is 1. The van der Waals surface area contributed by atoms with Crippen LogP contribution in [0.1, 0.15) is 120 Å². The molecule has 0 aromatic heterocycles. The Hall–Kier alpha value is -3.95. The smallest absolute Gasteiger partial charge is 0.123 e. The molecule has 1 N–H and O–H groups in total. The number of rotatable bonds is 10. The van der Waals surface area contributed by atoms with Gasteiger partial charge in [-0.05, 0) is 131 Å². The summed E-state index contributed by atoms with van der Waals surface area (Å²) in [5.41, 5.74) is 8.84. The molecule has 2 aromatic carbocycles. The van der Waals surface area contributed by atoms with Gasteiger partial charge in [-0.3, -0.25) is 10.3 Å². The third-order valence-corrected chi connectivity index (χ3v) is 13.4. The van der Waals surface area contributed by atoms with Gasteiger partial charge in [-0.1, -0.05) is 122 Å². The fourth-order valence-corrected chi connectivity index (χ4v) is 10.8. The Labute approximate surface area is 319 Å². The Balaban J connectivity index is 1.17. The van der Waals surface area contributed by atoms with Gasteiger partial charge in [-0.15, -0.1) is 0 Å². The largest absolute Gasteiger partial charge is 0.494 e. The van der Waals surface area contributed by atoms with Crippen molar-refractivity contribution in [2.24, 2.45) is 28.7 Å². The van der Waals surface area contributed by atoms with Crippen LogP contribution < -0.4 is 5.32 Å². The molecule has 0 spiro atoms. The van der Waals surface area contributed by atoms with Crippen LogP contribution in [-0.4, -0.2) is 18.0 Å².